The zero-order chi connectivity index (χ0) is 29.9. The molecule has 0 spiro atoms. The first-order valence-electron chi connectivity index (χ1n) is 13.0. The standard InChI is InChI=1S/C29H30F5N3O3S/c1-18(21-6-10-26(25(31)15-21)36-41(2,39)40)28(38)35-17-22-3-7-23(29(32,33)34)16-27(22)37-13-11-20(12-14-37)19-4-8-24(30)9-5-19/h3-10,15-16,18,20,36H,11-14,17H2,1-2H3,(H,35,38). The van der Waals surface area contributed by atoms with E-state index >= 15 is 0 Å². The molecule has 1 unspecified atom stereocenters. The van der Waals surface area contributed by atoms with Crippen molar-refractivity contribution in [3.63, 3.8) is 0 Å². The predicted molar refractivity (Wildman–Crippen MR) is 147 cm³/mol. The van der Waals surface area contributed by atoms with Crippen molar-refractivity contribution in [1.29, 1.82) is 0 Å². The van der Waals surface area contributed by atoms with Gasteiger partial charge < -0.3 is 10.2 Å². The van der Waals surface area contributed by atoms with Gasteiger partial charge in [-0.25, -0.2) is 17.2 Å². The summed E-state index contributed by atoms with van der Waals surface area (Å²) in [6, 6.07) is 13.4. The van der Waals surface area contributed by atoms with Crippen LogP contribution in [0.2, 0.25) is 0 Å². The van der Waals surface area contributed by atoms with E-state index in [2.05, 4.69) is 10.0 Å². The maximum absolute atomic E-state index is 14.4. The number of nitrogens with zero attached hydrogens (tertiary/aromatic N) is 1. The first-order valence-corrected chi connectivity index (χ1v) is 14.9. The Labute approximate surface area is 235 Å². The molecule has 6 nitrogen and oxygen atoms in total. The molecule has 1 amide bonds. The maximum atomic E-state index is 14.4. The van der Waals surface area contributed by atoms with E-state index < -0.39 is 39.4 Å². The molecule has 41 heavy (non-hydrogen) atoms. The predicted octanol–water partition coefficient (Wildman–Crippen LogP) is 6.16. The molecule has 2 N–H and O–H groups in total. The van der Waals surface area contributed by atoms with E-state index in [0.29, 0.717) is 42.7 Å². The number of carbonyl (C=O) groups is 1. The summed E-state index contributed by atoms with van der Waals surface area (Å²) in [4.78, 5) is 14.8. The Morgan fingerprint density at radius 2 is 1.66 bits per heavy atom. The lowest BCUT2D eigenvalue weighted by molar-refractivity contribution is -0.137. The highest BCUT2D eigenvalue weighted by atomic mass is 32.2. The Kier molecular flexibility index (Phi) is 8.91. The molecule has 0 bridgehead atoms. The van der Waals surface area contributed by atoms with Crippen molar-refractivity contribution < 1.29 is 35.2 Å². The minimum absolute atomic E-state index is 0.0509. The molecular formula is C29H30F5N3O3S. The van der Waals surface area contributed by atoms with E-state index in [4.69, 9.17) is 0 Å². The van der Waals surface area contributed by atoms with Crippen LogP contribution in [0, 0.1) is 11.6 Å². The molecule has 12 heteroatoms. The topological polar surface area (TPSA) is 78.5 Å². The monoisotopic (exact) mass is 595 g/mol. The molecule has 0 aliphatic carbocycles. The fraction of sp³-hybridized carbons (Fsp3) is 0.345. The average molecular weight is 596 g/mol. The highest BCUT2D eigenvalue weighted by Gasteiger charge is 2.32. The Hall–Kier alpha value is -3.67. The van der Waals surface area contributed by atoms with Crippen molar-refractivity contribution >= 4 is 27.3 Å². The van der Waals surface area contributed by atoms with Crippen molar-refractivity contribution in [3.05, 3.63) is 94.6 Å². The number of hydrogen-bond donors (Lipinski definition) is 2. The molecule has 0 saturated carbocycles. The van der Waals surface area contributed by atoms with Crippen LogP contribution in [0.15, 0.2) is 60.7 Å². The number of halogens is 5. The van der Waals surface area contributed by atoms with Gasteiger partial charge in [-0.3, -0.25) is 9.52 Å². The molecular weight excluding hydrogens is 565 g/mol. The van der Waals surface area contributed by atoms with Crippen LogP contribution in [0.5, 0.6) is 0 Å². The van der Waals surface area contributed by atoms with Crippen molar-refractivity contribution in [2.24, 2.45) is 0 Å². The Balaban J connectivity index is 1.48. The van der Waals surface area contributed by atoms with E-state index in [9.17, 15) is 35.2 Å². The average Bonchev–Trinajstić information content (AvgIpc) is 2.91. The van der Waals surface area contributed by atoms with Crippen LogP contribution in [0.3, 0.4) is 0 Å². The van der Waals surface area contributed by atoms with Gasteiger partial charge >= 0.3 is 6.18 Å². The van der Waals surface area contributed by atoms with Gasteiger partial charge in [0.2, 0.25) is 15.9 Å². The number of piperidine rings is 1. The number of amides is 1. The van der Waals surface area contributed by atoms with E-state index in [-0.39, 0.29) is 24.0 Å². The molecule has 1 saturated heterocycles. The van der Waals surface area contributed by atoms with Gasteiger partial charge in [0.05, 0.1) is 23.4 Å². The van der Waals surface area contributed by atoms with Crippen LogP contribution in [0.1, 0.15) is 53.9 Å². The van der Waals surface area contributed by atoms with Gasteiger partial charge in [-0.1, -0.05) is 24.3 Å². The smallest absolute Gasteiger partial charge is 0.371 e. The van der Waals surface area contributed by atoms with E-state index in [1.165, 1.54) is 30.3 Å². The summed E-state index contributed by atoms with van der Waals surface area (Å²) >= 11 is 0. The van der Waals surface area contributed by atoms with Crippen molar-refractivity contribution in [3.8, 4) is 0 Å². The van der Waals surface area contributed by atoms with Crippen molar-refractivity contribution in [2.75, 3.05) is 29.0 Å². The Morgan fingerprint density at radius 3 is 2.24 bits per heavy atom. The number of carbonyl (C=O) groups excluding carboxylic acids is 1. The number of benzene rings is 3. The SMILES string of the molecule is CC(C(=O)NCc1ccc(C(F)(F)F)cc1N1CCC(c2ccc(F)cc2)CC1)c1ccc(NS(C)(=O)=O)c(F)c1. The fourth-order valence-corrected chi connectivity index (χ4v) is 5.51. The van der Waals surface area contributed by atoms with Crippen LogP contribution < -0.4 is 14.9 Å². The summed E-state index contributed by atoms with van der Waals surface area (Å²) in [6.07, 6.45) is -2.32. The number of rotatable bonds is 8. The summed E-state index contributed by atoms with van der Waals surface area (Å²) < 4.78 is 93.2. The summed E-state index contributed by atoms with van der Waals surface area (Å²) in [5, 5.41) is 2.73. The van der Waals surface area contributed by atoms with Crippen LogP contribution in [0.4, 0.5) is 33.3 Å². The van der Waals surface area contributed by atoms with Gasteiger partial charge in [-0.15, -0.1) is 0 Å². The fourth-order valence-electron chi connectivity index (χ4n) is 4.94. The minimum Gasteiger partial charge on any atom is -0.371 e. The lowest BCUT2D eigenvalue weighted by Crippen LogP contribution is -2.35. The molecule has 3 aromatic carbocycles. The number of hydrogen-bond acceptors (Lipinski definition) is 4. The zero-order valence-corrected chi connectivity index (χ0v) is 23.3. The molecule has 1 aliphatic rings. The maximum Gasteiger partial charge on any atom is 0.416 e. The van der Waals surface area contributed by atoms with E-state index in [1.54, 1.807) is 19.1 Å². The molecule has 1 heterocycles. The molecule has 1 aliphatic heterocycles. The summed E-state index contributed by atoms with van der Waals surface area (Å²) in [5.74, 6) is -2.32. The largest absolute Gasteiger partial charge is 0.416 e. The number of alkyl halides is 3. The highest BCUT2D eigenvalue weighted by Crippen LogP contribution is 2.36. The van der Waals surface area contributed by atoms with Gasteiger partial charge in [-0.05, 0) is 78.8 Å². The third-order valence-electron chi connectivity index (χ3n) is 7.22. The number of sulfonamides is 1. The van der Waals surface area contributed by atoms with Gasteiger partial charge in [0.15, 0.2) is 0 Å². The third kappa shape index (κ3) is 7.75. The van der Waals surface area contributed by atoms with Crippen LogP contribution in [-0.2, 0) is 27.5 Å². The molecule has 1 fully saturated rings. The molecule has 4 rings (SSSR count). The summed E-state index contributed by atoms with van der Waals surface area (Å²) in [5.41, 5.74) is 1.10. The van der Waals surface area contributed by atoms with Crippen molar-refractivity contribution in [1.82, 2.24) is 5.32 Å². The van der Waals surface area contributed by atoms with E-state index in [1.807, 2.05) is 4.90 Å². The molecule has 1 atom stereocenters. The second-order valence-corrected chi connectivity index (χ2v) is 12.0. The van der Waals surface area contributed by atoms with Crippen molar-refractivity contribution in [2.45, 2.75) is 44.3 Å². The number of nitrogens with one attached hydrogen (secondary N) is 2. The van der Waals surface area contributed by atoms with Crippen LogP contribution in [0.25, 0.3) is 0 Å². The van der Waals surface area contributed by atoms with E-state index in [0.717, 1.165) is 30.0 Å². The number of anilines is 2. The third-order valence-corrected chi connectivity index (χ3v) is 7.82. The second kappa shape index (κ2) is 12.1. The first-order chi connectivity index (χ1) is 19.2. The van der Waals surface area contributed by atoms with Gasteiger partial charge in [0.1, 0.15) is 11.6 Å². The zero-order valence-electron chi connectivity index (χ0n) is 22.4. The van der Waals surface area contributed by atoms with Crippen LogP contribution >= 0.6 is 0 Å². The quantitative estimate of drug-likeness (QED) is 0.306. The lowest BCUT2D eigenvalue weighted by Gasteiger charge is -2.35. The van der Waals surface area contributed by atoms with Gasteiger partial charge in [-0.2, -0.15) is 13.2 Å². The summed E-state index contributed by atoms with van der Waals surface area (Å²) in [6.45, 7) is 2.45. The molecule has 3 aromatic rings. The molecule has 0 aromatic heterocycles. The van der Waals surface area contributed by atoms with Gasteiger partial charge in [0.25, 0.3) is 0 Å². The van der Waals surface area contributed by atoms with Gasteiger partial charge in [0, 0.05) is 25.3 Å². The Bertz CT molecular complexity index is 1500. The molecule has 220 valence electrons. The Morgan fingerprint density at radius 1 is 1.00 bits per heavy atom. The highest BCUT2D eigenvalue weighted by molar-refractivity contribution is 7.92. The lowest BCUT2D eigenvalue weighted by atomic mass is 9.89. The normalized spacial score (nSPS) is 15.4. The van der Waals surface area contributed by atoms with Crippen LogP contribution in [-0.4, -0.2) is 33.7 Å². The molecule has 0 radical (unpaired) electrons. The second-order valence-electron chi connectivity index (χ2n) is 10.2. The first kappa shape index (κ1) is 30.3. The minimum atomic E-state index is -4.54. The summed E-state index contributed by atoms with van der Waals surface area (Å²) in [7, 11) is -3.69.